The molecule has 6 rings (SSSR count). The van der Waals surface area contributed by atoms with E-state index in [1.165, 1.54) is 12.8 Å². The minimum absolute atomic E-state index is 0.00311. The van der Waals surface area contributed by atoms with Gasteiger partial charge in [-0.25, -0.2) is 0 Å². The van der Waals surface area contributed by atoms with Crippen molar-refractivity contribution in [2.45, 2.75) is 56.5 Å². The van der Waals surface area contributed by atoms with Crippen LogP contribution in [0.1, 0.15) is 32.1 Å². The molecule has 0 amide bonds. The van der Waals surface area contributed by atoms with Gasteiger partial charge in [-0.05, 0) is 51.0 Å². The molecular weight excluding hydrogens is 264 g/mol. The number of hydrogen-bond donors (Lipinski definition) is 1. The normalized spacial score (nSPS) is 64.4. The highest BCUT2D eigenvalue weighted by Crippen LogP contribution is 2.73. The van der Waals surface area contributed by atoms with Crippen molar-refractivity contribution in [1.29, 1.82) is 0 Å². The van der Waals surface area contributed by atoms with Gasteiger partial charge in [-0.1, -0.05) is 0 Å². The second kappa shape index (κ2) is 3.39. The smallest absolute Gasteiger partial charge is 0.144 e. The topological polar surface area (TPSA) is 43.8 Å². The quantitative estimate of drug-likeness (QED) is 0.712. The van der Waals surface area contributed by atoms with E-state index in [0.29, 0.717) is 35.9 Å². The Morgan fingerprint density at radius 2 is 2.14 bits per heavy atom. The van der Waals surface area contributed by atoms with Gasteiger partial charge in [-0.2, -0.15) is 0 Å². The third-order valence-electron chi connectivity index (χ3n) is 8.49. The zero-order chi connectivity index (χ0) is 14.1. The largest absolute Gasteiger partial charge is 0.392 e. The summed E-state index contributed by atoms with van der Waals surface area (Å²) in [7, 11) is 2.25. The maximum absolute atomic E-state index is 13.2. The summed E-state index contributed by atoms with van der Waals surface area (Å²) in [6.07, 6.45) is 6.14. The van der Waals surface area contributed by atoms with E-state index in [1.807, 2.05) is 0 Å². The van der Waals surface area contributed by atoms with Gasteiger partial charge in [0.25, 0.3) is 0 Å². The summed E-state index contributed by atoms with van der Waals surface area (Å²) in [6.45, 7) is 1.14. The van der Waals surface area contributed by atoms with Gasteiger partial charge in [0.15, 0.2) is 0 Å². The standard InChI is InChI=1S/C17H24N2O2/c1-18-5-3-10-14-16(21)13-9-6-8(15(13)20)7-11-17(9,14)4-2-12(18)19(10)11/h8-15,20H,2-7H2,1H3/t8-,9-,10?,11-,12-,13?,14?,15+,17?/m0/s1. The Kier molecular flexibility index (Phi) is 1.94. The lowest BCUT2D eigenvalue weighted by Crippen LogP contribution is -2.62. The van der Waals surface area contributed by atoms with Crippen molar-refractivity contribution >= 4 is 5.78 Å². The maximum atomic E-state index is 13.2. The van der Waals surface area contributed by atoms with E-state index in [2.05, 4.69) is 16.8 Å². The molecule has 6 fully saturated rings. The molecular formula is C17H24N2O2. The monoisotopic (exact) mass is 288 g/mol. The summed E-state index contributed by atoms with van der Waals surface area (Å²) in [5.41, 5.74) is 0.252. The van der Waals surface area contributed by atoms with E-state index in [4.69, 9.17) is 0 Å². The van der Waals surface area contributed by atoms with Crippen molar-refractivity contribution in [2.75, 3.05) is 13.6 Å². The number of nitrogens with zero attached hydrogens (tertiary/aromatic N) is 2. The summed E-state index contributed by atoms with van der Waals surface area (Å²) in [5, 5.41) is 10.7. The maximum Gasteiger partial charge on any atom is 0.144 e. The molecule has 3 aliphatic carbocycles. The molecule has 0 aromatic carbocycles. The second-order valence-electron chi connectivity index (χ2n) is 8.67. The van der Waals surface area contributed by atoms with Gasteiger partial charge in [0.2, 0.25) is 0 Å². The van der Waals surface area contributed by atoms with Crippen LogP contribution < -0.4 is 0 Å². The number of Topliss-reactive ketones (excluding diaryl/α,β-unsaturated/α-hetero) is 1. The zero-order valence-electron chi connectivity index (χ0n) is 12.6. The number of fused-ring (bicyclic) bond motifs is 2. The molecule has 4 unspecified atom stereocenters. The molecule has 21 heavy (non-hydrogen) atoms. The fourth-order valence-corrected chi connectivity index (χ4v) is 8.03. The molecule has 4 bridgehead atoms. The predicted octanol–water partition coefficient (Wildman–Crippen LogP) is 0.697. The first kappa shape index (κ1) is 12.0. The van der Waals surface area contributed by atoms with Crippen molar-refractivity contribution < 1.29 is 9.90 Å². The highest BCUT2D eigenvalue weighted by atomic mass is 16.3. The minimum Gasteiger partial charge on any atom is -0.392 e. The summed E-state index contributed by atoms with van der Waals surface area (Å²) >= 11 is 0. The van der Waals surface area contributed by atoms with Gasteiger partial charge in [0, 0.05) is 35.9 Å². The summed E-state index contributed by atoms with van der Waals surface area (Å²) in [5.74, 6) is 1.62. The van der Waals surface area contributed by atoms with Crippen molar-refractivity contribution in [3.63, 3.8) is 0 Å². The van der Waals surface area contributed by atoms with Crippen LogP contribution >= 0.6 is 0 Å². The van der Waals surface area contributed by atoms with Crippen LogP contribution in [0.3, 0.4) is 0 Å². The van der Waals surface area contributed by atoms with Gasteiger partial charge in [0.05, 0.1) is 12.3 Å². The number of carbonyl (C=O) groups is 1. The fraction of sp³-hybridized carbons (Fsp3) is 0.941. The Hall–Kier alpha value is -0.450. The zero-order valence-corrected chi connectivity index (χ0v) is 12.6. The molecule has 4 heteroatoms. The average molecular weight is 288 g/mol. The van der Waals surface area contributed by atoms with Crippen LogP contribution in [0, 0.1) is 29.1 Å². The van der Waals surface area contributed by atoms with Crippen LogP contribution in [0.25, 0.3) is 0 Å². The molecule has 3 saturated carbocycles. The highest BCUT2D eigenvalue weighted by Gasteiger charge is 2.78. The van der Waals surface area contributed by atoms with Crippen molar-refractivity contribution in [3.05, 3.63) is 0 Å². The number of rotatable bonds is 0. The first-order valence-electron chi connectivity index (χ1n) is 8.84. The van der Waals surface area contributed by atoms with Crippen LogP contribution in [0.4, 0.5) is 0 Å². The summed E-state index contributed by atoms with van der Waals surface area (Å²) in [6, 6.07) is 1.08. The van der Waals surface area contributed by atoms with E-state index in [1.54, 1.807) is 0 Å². The van der Waals surface area contributed by atoms with Crippen LogP contribution in [0.5, 0.6) is 0 Å². The Balaban J connectivity index is 1.59. The van der Waals surface area contributed by atoms with Gasteiger partial charge in [-0.3, -0.25) is 14.6 Å². The van der Waals surface area contributed by atoms with Crippen molar-refractivity contribution in [1.82, 2.24) is 9.80 Å². The van der Waals surface area contributed by atoms with E-state index in [0.717, 1.165) is 25.8 Å². The number of carbonyl (C=O) groups excluding carboxylic acids is 1. The van der Waals surface area contributed by atoms with Gasteiger partial charge in [0.1, 0.15) is 5.78 Å². The highest BCUT2D eigenvalue weighted by molar-refractivity contribution is 5.90. The van der Waals surface area contributed by atoms with E-state index >= 15 is 0 Å². The van der Waals surface area contributed by atoms with E-state index < -0.39 is 0 Å². The molecule has 1 spiro atoms. The van der Waals surface area contributed by atoms with Gasteiger partial charge < -0.3 is 5.11 Å². The number of hydrogen-bond acceptors (Lipinski definition) is 4. The summed E-state index contributed by atoms with van der Waals surface area (Å²) in [4.78, 5) is 18.4. The third kappa shape index (κ3) is 1.03. The molecule has 0 radical (unpaired) electrons. The van der Waals surface area contributed by atoms with Crippen LogP contribution in [-0.4, -0.2) is 58.6 Å². The summed E-state index contributed by atoms with van der Waals surface area (Å²) < 4.78 is 0. The average Bonchev–Trinajstić information content (AvgIpc) is 2.99. The molecule has 1 N–H and O–H groups in total. The molecule has 3 heterocycles. The van der Waals surface area contributed by atoms with E-state index in [-0.39, 0.29) is 23.4 Å². The molecule has 3 aliphatic heterocycles. The Labute approximate surface area is 125 Å². The van der Waals surface area contributed by atoms with Gasteiger partial charge >= 0.3 is 0 Å². The van der Waals surface area contributed by atoms with Crippen LogP contribution in [0.2, 0.25) is 0 Å². The Bertz CT molecular complexity index is 551. The molecule has 6 aliphatic rings. The second-order valence-corrected chi connectivity index (χ2v) is 8.67. The van der Waals surface area contributed by atoms with Crippen molar-refractivity contribution in [2.24, 2.45) is 29.1 Å². The molecule has 3 saturated heterocycles. The number of aliphatic hydroxyl groups excluding tert-OH is 1. The predicted molar refractivity (Wildman–Crippen MR) is 76.3 cm³/mol. The van der Waals surface area contributed by atoms with E-state index in [9.17, 15) is 9.90 Å². The Morgan fingerprint density at radius 3 is 3.00 bits per heavy atom. The third-order valence-corrected chi connectivity index (χ3v) is 8.49. The first-order chi connectivity index (χ1) is 10.1. The molecule has 0 aromatic rings. The van der Waals surface area contributed by atoms with Crippen LogP contribution in [0.15, 0.2) is 0 Å². The lowest BCUT2D eigenvalue weighted by Gasteiger charge is -2.55. The SMILES string of the molecule is CN1CCC2C3C(=O)C4[C@H](O)[C@@H]5C[C@@H]6N2[C@H]1CCC36[C@H]4C5. The molecule has 114 valence electrons. The number of aliphatic hydroxyl groups is 1. The molecule has 9 atom stereocenters. The number of ketones is 1. The first-order valence-corrected chi connectivity index (χ1v) is 8.84. The van der Waals surface area contributed by atoms with Crippen molar-refractivity contribution in [3.8, 4) is 0 Å². The molecule has 4 nitrogen and oxygen atoms in total. The lowest BCUT2D eigenvalue weighted by atomic mass is 9.59. The van der Waals surface area contributed by atoms with Crippen LogP contribution in [-0.2, 0) is 4.79 Å². The Morgan fingerprint density at radius 1 is 1.29 bits per heavy atom. The minimum atomic E-state index is -0.326. The van der Waals surface area contributed by atoms with Gasteiger partial charge in [-0.15, -0.1) is 0 Å². The lowest BCUT2D eigenvalue weighted by molar-refractivity contribution is -0.129. The molecule has 0 aromatic heterocycles. The number of piperidine rings is 1. The fourth-order valence-electron chi connectivity index (χ4n) is 8.03.